The normalized spacial score (nSPS) is 14.0. The van der Waals surface area contributed by atoms with Crippen LogP contribution in [0.3, 0.4) is 0 Å². The Labute approximate surface area is 191 Å². The first kappa shape index (κ1) is 23.6. The Bertz CT molecular complexity index is 1180. The summed E-state index contributed by atoms with van der Waals surface area (Å²) in [7, 11) is 1.88. The largest absolute Gasteiger partial charge is 0.312 e. The van der Waals surface area contributed by atoms with Crippen molar-refractivity contribution in [2.75, 3.05) is 13.1 Å². The summed E-state index contributed by atoms with van der Waals surface area (Å²) < 4.78 is 5.58. The second kappa shape index (κ2) is 9.02. The number of hydrogen-bond acceptors (Lipinski definition) is 6. The summed E-state index contributed by atoms with van der Waals surface area (Å²) in [6.07, 6.45) is 11.5. The lowest BCUT2D eigenvalue weighted by Crippen LogP contribution is -2.60. The first-order valence-electron chi connectivity index (χ1n) is 8.65. The number of rotatable bonds is 4. The molecule has 0 spiro atoms. The van der Waals surface area contributed by atoms with Gasteiger partial charge in [0.1, 0.15) is 17.0 Å². The van der Waals surface area contributed by atoms with Crippen molar-refractivity contribution in [3.8, 4) is 28.7 Å². The van der Waals surface area contributed by atoms with Gasteiger partial charge < -0.3 is 5.32 Å². The third-order valence-electron chi connectivity index (χ3n) is 5.03. The van der Waals surface area contributed by atoms with Crippen molar-refractivity contribution in [1.82, 2.24) is 39.2 Å². The van der Waals surface area contributed by atoms with E-state index in [2.05, 4.69) is 26.6 Å². The number of imidazole rings is 1. The van der Waals surface area contributed by atoms with Gasteiger partial charge in [-0.1, -0.05) is 0 Å². The lowest BCUT2D eigenvalue weighted by molar-refractivity contribution is 0.160. The minimum atomic E-state index is -0.276. The molecule has 1 aliphatic rings. The van der Waals surface area contributed by atoms with Crippen LogP contribution in [0.25, 0.3) is 28.3 Å². The van der Waals surface area contributed by atoms with Crippen molar-refractivity contribution < 1.29 is 0 Å². The van der Waals surface area contributed by atoms with Gasteiger partial charge in [-0.2, -0.15) is 15.5 Å². The van der Waals surface area contributed by atoms with E-state index in [0.29, 0.717) is 6.42 Å². The Hall–Kier alpha value is -2.64. The Kier molecular flexibility index (Phi) is 7.10. The molecule has 1 N–H and O–H groups in total. The topological polar surface area (TPSA) is 102 Å². The molecule has 0 bridgehead atoms. The van der Waals surface area contributed by atoms with Gasteiger partial charge in [0.25, 0.3) is 0 Å². The monoisotopic (exact) mass is 467 g/mol. The SMILES string of the molecule is Cl.Cl.Cl.Cn1cc(-c2cc3nccn3c(-c3cnn(C4(CC#N)CNC4)c3)n2)cn1. The summed E-state index contributed by atoms with van der Waals surface area (Å²) in [5.41, 5.74) is 3.15. The van der Waals surface area contributed by atoms with Crippen LogP contribution in [0, 0.1) is 11.3 Å². The number of fused-ring (bicyclic) bond motifs is 1. The van der Waals surface area contributed by atoms with Crippen molar-refractivity contribution >= 4 is 42.9 Å². The Morgan fingerprint density at radius 3 is 2.53 bits per heavy atom. The molecule has 0 amide bonds. The van der Waals surface area contributed by atoms with Crippen LogP contribution in [0.5, 0.6) is 0 Å². The number of nitrogens with zero attached hydrogens (tertiary/aromatic N) is 8. The molecule has 0 atom stereocenters. The van der Waals surface area contributed by atoms with Crippen molar-refractivity contribution in [2.24, 2.45) is 7.05 Å². The first-order chi connectivity index (χ1) is 13.2. The zero-order valence-electron chi connectivity index (χ0n) is 16.0. The van der Waals surface area contributed by atoms with Gasteiger partial charge in [0.2, 0.25) is 0 Å². The number of nitrogens with one attached hydrogen (secondary N) is 1. The number of aromatic nitrogens is 7. The fraction of sp³-hybridized carbons (Fsp3) is 0.278. The Morgan fingerprint density at radius 1 is 1.13 bits per heavy atom. The van der Waals surface area contributed by atoms with Crippen LogP contribution in [0.1, 0.15) is 6.42 Å². The minimum absolute atomic E-state index is 0. The van der Waals surface area contributed by atoms with Crippen LogP contribution in [0.2, 0.25) is 0 Å². The van der Waals surface area contributed by atoms with Crippen LogP contribution in [0.4, 0.5) is 0 Å². The number of hydrogen-bond donors (Lipinski definition) is 1. The molecule has 4 aromatic heterocycles. The standard InChI is InChI=1S/C18H17N9.3ClH/c1-25-9-13(7-22-25)15-6-16-21-4-5-26(16)17(24-15)14-8-23-27(10-14)18(2-3-19)11-20-12-18;;;/h4-10,20H,2,11-12H2,1H3;3*1H. The first-order valence-corrected chi connectivity index (χ1v) is 8.65. The molecule has 0 unspecified atom stereocenters. The molecule has 4 aromatic rings. The van der Waals surface area contributed by atoms with E-state index in [9.17, 15) is 5.26 Å². The maximum absolute atomic E-state index is 9.18. The van der Waals surface area contributed by atoms with Crippen LogP contribution in [-0.2, 0) is 12.6 Å². The molecule has 0 aliphatic carbocycles. The molecular weight excluding hydrogens is 449 g/mol. The average Bonchev–Trinajstić information content (AvgIpc) is 3.37. The van der Waals surface area contributed by atoms with Gasteiger partial charge in [-0.3, -0.25) is 13.8 Å². The Balaban J connectivity index is 0.00000107. The molecule has 1 saturated heterocycles. The smallest absolute Gasteiger partial charge is 0.149 e. The summed E-state index contributed by atoms with van der Waals surface area (Å²) in [4.78, 5) is 9.27. The molecule has 1 aliphatic heterocycles. The molecule has 1 fully saturated rings. The molecule has 30 heavy (non-hydrogen) atoms. The lowest BCUT2D eigenvalue weighted by Gasteiger charge is -2.41. The van der Waals surface area contributed by atoms with Gasteiger partial charge in [0, 0.05) is 56.6 Å². The molecule has 158 valence electrons. The molecule has 5 heterocycles. The van der Waals surface area contributed by atoms with Crippen molar-refractivity contribution in [3.05, 3.63) is 43.2 Å². The van der Waals surface area contributed by atoms with E-state index in [1.54, 1.807) is 23.3 Å². The van der Waals surface area contributed by atoms with Gasteiger partial charge in [0.15, 0.2) is 0 Å². The molecule has 5 rings (SSSR count). The fourth-order valence-corrected chi connectivity index (χ4v) is 3.45. The van der Waals surface area contributed by atoms with Crippen LogP contribution < -0.4 is 5.32 Å². The van der Waals surface area contributed by atoms with E-state index in [1.807, 2.05) is 40.8 Å². The lowest BCUT2D eigenvalue weighted by atomic mass is 9.89. The van der Waals surface area contributed by atoms with Gasteiger partial charge in [-0.25, -0.2) is 9.97 Å². The highest BCUT2D eigenvalue weighted by atomic mass is 35.5. The van der Waals surface area contributed by atoms with E-state index in [4.69, 9.17) is 4.98 Å². The second-order valence-corrected chi connectivity index (χ2v) is 6.86. The molecular formula is C18H20Cl3N9. The van der Waals surface area contributed by atoms with Gasteiger partial charge in [-0.15, -0.1) is 37.2 Å². The van der Waals surface area contributed by atoms with Crippen LogP contribution in [-0.4, -0.2) is 47.0 Å². The van der Waals surface area contributed by atoms with E-state index in [0.717, 1.165) is 41.4 Å². The predicted octanol–water partition coefficient (Wildman–Crippen LogP) is 2.47. The average molecular weight is 469 g/mol. The summed E-state index contributed by atoms with van der Waals surface area (Å²) in [5.74, 6) is 0.759. The third-order valence-corrected chi connectivity index (χ3v) is 5.03. The van der Waals surface area contributed by atoms with E-state index in [-0.39, 0.29) is 42.8 Å². The van der Waals surface area contributed by atoms with Gasteiger partial charge >= 0.3 is 0 Å². The van der Waals surface area contributed by atoms with Crippen molar-refractivity contribution in [2.45, 2.75) is 12.0 Å². The maximum atomic E-state index is 9.18. The number of aryl methyl sites for hydroxylation is 1. The quantitative estimate of drug-likeness (QED) is 0.494. The fourth-order valence-electron chi connectivity index (χ4n) is 3.45. The summed E-state index contributed by atoms with van der Waals surface area (Å²) in [6.45, 7) is 1.48. The second-order valence-electron chi connectivity index (χ2n) is 6.86. The molecule has 9 nitrogen and oxygen atoms in total. The molecule has 0 radical (unpaired) electrons. The van der Waals surface area contributed by atoms with E-state index < -0.39 is 0 Å². The maximum Gasteiger partial charge on any atom is 0.149 e. The van der Waals surface area contributed by atoms with E-state index in [1.165, 1.54) is 0 Å². The zero-order chi connectivity index (χ0) is 18.4. The van der Waals surface area contributed by atoms with Crippen molar-refractivity contribution in [3.63, 3.8) is 0 Å². The summed E-state index contributed by atoms with van der Waals surface area (Å²) in [6, 6.07) is 4.22. The van der Waals surface area contributed by atoms with Crippen LogP contribution >= 0.6 is 37.2 Å². The molecule has 0 aromatic carbocycles. The highest BCUT2D eigenvalue weighted by molar-refractivity contribution is 5.86. The highest BCUT2D eigenvalue weighted by Crippen LogP contribution is 2.29. The van der Waals surface area contributed by atoms with Gasteiger partial charge in [-0.05, 0) is 0 Å². The Morgan fingerprint density at radius 2 is 1.90 bits per heavy atom. The number of nitriles is 1. The summed E-state index contributed by atoms with van der Waals surface area (Å²) >= 11 is 0. The van der Waals surface area contributed by atoms with Gasteiger partial charge in [0.05, 0.1) is 36.1 Å². The summed E-state index contributed by atoms with van der Waals surface area (Å²) in [5, 5.41) is 21.2. The zero-order valence-corrected chi connectivity index (χ0v) is 18.4. The third kappa shape index (κ3) is 3.75. The van der Waals surface area contributed by atoms with E-state index >= 15 is 0 Å². The predicted molar refractivity (Wildman–Crippen MR) is 119 cm³/mol. The minimum Gasteiger partial charge on any atom is -0.312 e. The van der Waals surface area contributed by atoms with Crippen molar-refractivity contribution in [1.29, 1.82) is 5.26 Å². The number of halogens is 3. The highest BCUT2D eigenvalue weighted by Gasteiger charge is 2.39. The molecule has 12 heteroatoms. The van der Waals surface area contributed by atoms with Crippen LogP contribution in [0.15, 0.2) is 43.2 Å². The molecule has 0 saturated carbocycles.